The van der Waals surface area contributed by atoms with E-state index in [9.17, 15) is 21.6 Å². The number of halogens is 4. The molecule has 0 aliphatic heterocycles. The van der Waals surface area contributed by atoms with Crippen LogP contribution in [0.4, 0.5) is 17.6 Å². The molecule has 2 heterocycles. The molecule has 5 nitrogen and oxygen atoms in total. The van der Waals surface area contributed by atoms with Crippen molar-refractivity contribution in [3.63, 3.8) is 0 Å². The zero-order chi connectivity index (χ0) is 24.1. The molecule has 0 atom stereocenters. The van der Waals surface area contributed by atoms with Crippen molar-refractivity contribution in [1.82, 2.24) is 14.3 Å². The minimum atomic E-state index is -3.44. The van der Waals surface area contributed by atoms with Crippen LogP contribution in [0, 0.1) is 17.0 Å². The largest absolute Gasteiger partial charge is 0.347 e. The lowest BCUT2D eigenvalue weighted by Crippen LogP contribution is -2.26. The predicted octanol–water partition coefficient (Wildman–Crippen LogP) is 5.55. The summed E-state index contributed by atoms with van der Waals surface area (Å²) in [5, 5.41) is 0.0841. The van der Waals surface area contributed by atoms with Crippen molar-refractivity contribution < 1.29 is 26.0 Å². The highest BCUT2D eigenvalue weighted by Crippen LogP contribution is 2.36. The number of pyridine rings is 1. The van der Waals surface area contributed by atoms with E-state index in [1.165, 1.54) is 12.1 Å². The second kappa shape index (κ2) is 8.39. The molecule has 10 heteroatoms. The van der Waals surface area contributed by atoms with E-state index in [0.717, 1.165) is 6.20 Å². The molecule has 4 rings (SSSR count). The van der Waals surface area contributed by atoms with Crippen molar-refractivity contribution >= 4 is 20.9 Å². The van der Waals surface area contributed by atoms with Crippen LogP contribution in [0.5, 0.6) is 0 Å². The Labute approximate surface area is 189 Å². The van der Waals surface area contributed by atoms with E-state index < -0.39 is 33.6 Å². The van der Waals surface area contributed by atoms with E-state index in [-0.39, 0.29) is 28.5 Å². The SMILES string of the molecule is CC(C)(C)Cn1cc(CNS(=O)(=O)C2CC2)c2cc(F)c(-c3ncc(F)cc3C(F)F)cc21. The summed E-state index contributed by atoms with van der Waals surface area (Å²) in [4.78, 5) is 3.75. The van der Waals surface area contributed by atoms with Gasteiger partial charge >= 0.3 is 0 Å². The molecule has 33 heavy (non-hydrogen) atoms. The van der Waals surface area contributed by atoms with Crippen molar-refractivity contribution in [3.05, 3.63) is 53.4 Å². The summed E-state index contributed by atoms with van der Waals surface area (Å²) < 4.78 is 84.7. The number of fused-ring (bicyclic) bond motifs is 1. The van der Waals surface area contributed by atoms with Crippen molar-refractivity contribution in [3.8, 4) is 11.3 Å². The minimum absolute atomic E-state index is 0.0116. The lowest BCUT2D eigenvalue weighted by Gasteiger charge is -2.20. The van der Waals surface area contributed by atoms with Crippen molar-refractivity contribution in [2.45, 2.75) is 58.4 Å². The first-order valence-electron chi connectivity index (χ1n) is 10.6. The number of rotatable bonds is 7. The molecule has 178 valence electrons. The van der Waals surface area contributed by atoms with Crippen molar-refractivity contribution in [1.29, 1.82) is 0 Å². The second-order valence-corrected chi connectivity index (χ2v) is 11.7. The van der Waals surface area contributed by atoms with E-state index in [0.29, 0.717) is 41.9 Å². The number of alkyl halides is 2. The fourth-order valence-corrected chi connectivity index (χ4v) is 5.22. The summed E-state index contributed by atoms with van der Waals surface area (Å²) in [5.74, 6) is -1.74. The van der Waals surface area contributed by atoms with Gasteiger partial charge in [-0.05, 0) is 42.0 Å². The Morgan fingerprint density at radius 3 is 2.48 bits per heavy atom. The Bertz CT molecular complexity index is 1310. The lowest BCUT2D eigenvalue weighted by atomic mass is 9.96. The van der Waals surface area contributed by atoms with Crippen LogP contribution in [0.25, 0.3) is 22.2 Å². The highest BCUT2D eigenvalue weighted by Gasteiger charge is 2.35. The van der Waals surface area contributed by atoms with E-state index in [1.54, 1.807) is 6.20 Å². The number of benzene rings is 1. The molecule has 0 radical (unpaired) electrons. The Hall–Kier alpha value is -2.46. The van der Waals surface area contributed by atoms with Gasteiger partial charge in [-0.3, -0.25) is 4.98 Å². The fraction of sp³-hybridized carbons (Fsp3) is 0.435. The highest BCUT2D eigenvalue weighted by atomic mass is 32.2. The molecule has 0 spiro atoms. The van der Waals surface area contributed by atoms with Crippen LogP contribution in [0.2, 0.25) is 0 Å². The van der Waals surface area contributed by atoms with Gasteiger partial charge in [0.2, 0.25) is 10.0 Å². The minimum Gasteiger partial charge on any atom is -0.347 e. The first-order chi connectivity index (χ1) is 15.4. The summed E-state index contributed by atoms with van der Waals surface area (Å²) in [5.41, 5.74) is -0.243. The number of aromatic nitrogens is 2. The second-order valence-electron chi connectivity index (χ2n) is 9.65. The van der Waals surface area contributed by atoms with Crippen LogP contribution >= 0.6 is 0 Å². The number of nitrogens with one attached hydrogen (secondary N) is 1. The third-order valence-electron chi connectivity index (χ3n) is 5.50. The summed E-state index contributed by atoms with van der Waals surface area (Å²) in [6.45, 7) is 6.53. The van der Waals surface area contributed by atoms with Gasteiger partial charge in [0.05, 0.1) is 17.1 Å². The zero-order valence-corrected chi connectivity index (χ0v) is 19.3. The third kappa shape index (κ3) is 5.06. The standard InChI is InChI=1S/C23H25F4N3O2S/c1-23(2,3)12-30-11-13(9-29-33(31,32)15-4-5-15)16-7-19(25)17(8-20(16)30)21-18(22(26)27)6-14(24)10-28-21/h6-8,10-11,15,22,29H,4-5,9,12H2,1-3H3. The zero-order valence-electron chi connectivity index (χ0n) is 18.5. The van der Waals surface area contributed by atoms with Crippen LogP contribution in [0.15, 0.2) is 30.6 Å². The molecule has 2 aromatic heterocycles. The van der Waals surface area contributed by atoms with Crippen LogP contribution in [-0.4, -0.2) is 23.2 Å². The van der Waals surface area contributed by atoms with Crippen LogP contribution < -0.4 is 4.72 Å². The van der Waals surface area contributed by atoms with Gasteiger partial charge in [0.15, 0.2) is 0 Å². The van der Waals surface area contributed by atoms with Crippen molar-refractivity contribution in [2.75, 3.05) is 0 Å². The van der Waals surface area contributed by atoms with E-state index in [4.69, 9.17) is 0 Å². The van der Waals surface area contributed by atoms with Gasteiger partial charge in [0.25, 0.3) is 6.43 Å². The Kier molecular flexibility index (Phi) is 6.03. The molecule has 1 N–H and O–H groups in total. The summed E-state index contributed by atoms with van der Waals surface area (Å²) >= 11 is 0. The molecule has 1 aliphatic carbocycles. The average molecular weight is 484 g/mol. The maximum absolute atomic E-state index is 15.2. The number of sulfonamides is 1. The maximum Gasteiger partial charge on any atom is 0.266 e. The first kappa shape index (κ1) is 23.7. The molecule has 0 amide bonds. The molecule has 3 aromatic rings. The van der Waals surface area contributed by atoms with Gasteiger partial charge in [-0.15, -0.1) is 0 Å². The van der Waals surface area contributed by atoms with Gasteiger partial charge < -0.3 is 4.57 Å². The molecule has 1 aromatic carbocycles. The molecule has 0 unspecified atom stereocenters. The van der Waals surface area contributed by atoms with Gasteiger partial charge in [-0.25, -0.2) is 30.7 Å². The van der Waals surface area contributed by atoms with E-state index >= 15 is 4.39 Å². The van der Waals surface area contributed by atoms with Gasteiger partial charge in [-0.1, -0.05) is 20.8 Å². The lowest BCUT2D eigenvalue weighted by molar-refractivity contribution is 0.151. The van der Waals surface area contributed by atoms with E-state index in [1.807, 2.05) is 25.3 Å². The maximum atomic E-state index is 15.2. The molecule has 0 bridgehead atoms. The Morgan fingerprint density at radius 2 is 1.88 bits per heavy atom. The normalized spacial score (nSPS) is 15.0. The Morgan fingerprint density at radius 1 is 1.18 bits per heavy atom. The molecular formula is C23H25F4N3O2S. The number of nitrogens with zero attached hydrogens (tertiary/aromatic N) is 2. The monoisotopic (exact) mass is 483 g/mol. The molecule has 0 saturated heterocycles. The summed E-state index contributed by atoms with van der Waals surface area (Å²) in [6, 6.07) is 3.27. The number of hydrogen-bond acceptors (Lipinski definition) is 3. The van der Waals surface area contributed by atoms with Crippen molar-refractivity contribution in [2.24, 2.45) is 5.41 Å². The fourth-order valence-electron chi connectivity index (χ4n) is 3.87. The van der Waals surface area contributed by atoms with Crippen LogP contribution in [0.3, 0.4) is 0 Å². The van der Waals surface area contributed by atoms with Crippen LogP contribution in [0.1, 0.15) is 51.2 Å². The van der Waals surface area contributed by atoms with Gasteiger partial charge in [0.1, 0.15) is 11.6 Å². The van der Waals surface area contributed by atoms with Crippen LogP contribution in [-0.2, 0) is 23.1 Å². The topological polar surface area (TPSA) is 64.0 Å². The molecule has 1 saturated carbocycles. The average Bonchev–Trinajstić information content (AvgIpc) is 3.51. The number of hydrogen-bond donors (Lipinski definition) is 1. The highest BCUT2D eigenvalue weighted by molar-refractivity contribution is 7.90. The molecule has 1 fully saturated rings. The molecule has 1 aliphatic rings. The predicted molar refractivity (Wildman–Crippen MR) is 118 cm³/mol. The Balaban J connectivity index is 1.84. The van der Waals surface area contributed by atoms with Gasteiger partial charge in [-0.2, -0.15) is 0 Å². The molecular weight excluding hydrogens is 458 g/mol. The summed E-state index contributed by atoms with van der Waals surface area (Å²) in [7, 11) is -3.44. The summed E-state index contributed by atoms with van der Waals surface area (Å²) in [6.07, 6.45) is 0.733. The van der Waals surface area contributed by atoms with Gasteiger partial charge in [0, 0.05) is 41.3 Å². The van der Waals surface area contributed by atoms with E-state index in [2.05, 4.69) is 9.71 Å². The quantitative estimate of drug-likeness (QED) is 0.449. The first-order valence-corrected chi connectivity index (χ1v) is 12.1. The smallest absolute Gasteiger partial charge is 0.266 e. The third-order valence-corrected chi connectivity index (χ3v) is 7.39.